The number of hydrogen-bond donors (Lipinski definition) is 0. The largest absolute Gasteiger partial charge is 0.497 e. The fourth-order valence-corrected chi connectivity index (χ4v) is 4.72. The van der Waals surface area contributed by atoms with Crippen LogP contribution < -0.4 is 4.74 Å². The van der Waals surface area contributed by atoms with Crippen LogP contribution in [0.4, 0.5) is 0 Å². The van der Waals surface area contributed by atoms with Gasteiger partial charge < -0.3 is 9.47 Å². The van der Waals surface area contributed by atoms with Crippen LogP contribution in [0.3, 0.4) is 0 Å². The molecule has 0 bridgehead atoms. The van der Waals surface area contributed by atoms with Crippen molar-refractivity contribution >= 4 is 23.4 Å². The van der Waals surface area contributed by atoms with Crippen molar-refractivity contribution < 1.29 is 9.47 Å². The smallest absolute Gasteiger partial charge is 0.119 e. The zero-order chi connectivity index (χ0) is 15.5. The second kappa shape index (κ2) is 7.12. The zero-order valence-corrected chi connectivity index (χ0v) is 14.4. The van der Waals surface area contributed by atoms with Crippen molar-refractivity contribution in [3.63, 3.8) is 0 Å². The van der Waals surface area contributed by atoms with E-state index >= 15 is 0 Å². The third-order valence-corrected chi connectivity index (χ3v) is 5.85. The minimum absolute atomic E-state index is 0.214. The van der Waals surface area contributed by atoms with E-state index in [2.05, 4.69) is 25.1 Å². The van der Waals surface area contributed by atoms with Crippen molar-refractivity contribution in [1.29, 1.82) is 0 Å². The first kappa shape index (κ1) is 16.0. The van der Waals surface area contributed by atoms with Gasteiger partial charge in [-0.15, -0.1) is 0 Å². The molecule has 3 rings (SSSR count). The Morgan fingerprint density at radius 3 is 3.05 bits per heavy atom. The van der Waals surface area contributed by atoms with Gasteiger partial charge in [-0.3, -0.25) is 0 Å². The van der Waals surface area contributed by atoms with Gasteiger partial charge in [-0.2, -0.15) is 11.8 Å². The SMILES string of the molecule is COc1cccc(CO[C@@H]2C[C@H](C)S[C@H]3C=CC(Cl)=C[C@@H]32)c1. The lowest BCUT2D eigenvalue weighted by molar-refractivity contribution is 0.00709. The number of fused-ring (bicyclic) bond motifs is 1. The van der Waals surface area contributed by atoms with Crippen LogP contribution in [-0.2, 0) is 11.3 Å². The first-order valence-electron chi connectivity index (χ1n) is 7.61. The number of rotatable bonds is 4. The quantitative estimate of drug-likeness (QED) is 0.788. The lowest BCUT2D eigenvalue weighted by Crippen LogP contribution is -2.38. The predicted octanol–water partition coefficient (Wildman–Crippen LogP) is 4.78. The first-order chi connectivity index (χ1) is 10.7. The molecule has 0 unspecified atom stereocenters. The molecule has 1 heterocycles. The molecule has 118 valence electrons. The minimum Gasteiger partial charge on any atom is -0.497 e. The molecule has 4 heteroatoms. The Bertz CT molecular complexity index is 584. The van der Waals surface area contributed by atoms with Crippen LogP contribution in [0.25, 0.3) is 0 Å². The predicted molar refractivity (Wildman–Crippen MR) is 93.6 cm³/mol. The van der Waals surface area contributed by atoms with E-state index < -0.39 is 0 Å². The second-order valence-electron chi connectivity index (χ2n) is 5.84. The highest BCUT2D eigenvalue weighted by atomic mass is 35.5. The summed E-state index contributed by atoms with van der Waals surface area (Å²) >= 11 is 8.20. The Balaban J connectivity index is 1.68. The van der Waals surface area contributed by atoms with E-state index in [1.54, 1.807) is 7.11 Å². The van der Waals surface area contributed by atoms with Crippen LogP contribution in [0.2, 0.25) is 0 Å². The van der Waals surface area contributed by atoms with Crippen LogP contribution in [0.5, 0.6) is 5.75 Å². The Morgan fingerprint density at radius 1 is 1.36 bits per heavy atom. The Kier molecular flexibility index (Phi) is 5.17. The first-order valence-corrected chi connectivity index (χ1v) is 8.93. The monoisotopic (exact) mass is 336 g/mol. The van der Waals surface area contributed by atoms with Crippen molar-refractivity contribution in [3.05, 3.63) is 53.1 Å². The van der Waals surface area contributed by atoms with Crippen molar-refractivity contribution in [3.8, 4) is 5.75 Å². The molecular weight excluding hydrogens is 316 g/mol. The molecule has 1 aromatic rings. The number of methoxy groups -OCH3 is 1. The number of thioether (sulfide) groups is 1. The lowest BCUT2D eigenvalue weighted by atomic mass is 9.90. The summed E-state index contributed by atoms with van der Waals surface area (Å²) in [4.78, 5) is 0. The highest BCUT2D eigenvalue weighted by Gasteiger charge is 2.36. The van der Waals surface area contributed by atoms with Gasteiger partial charge in [0.25, 0.3) is 0 Å². The highest BCUT2D eigenvalue weighted by Crippen LogP contribution is 2.42. The Hall–Kier alpha value is -0.900. The molecule has 0 amide bonds. The standard InChI is InChI=1S/C18H21ClO2S/c1-12-8-17(16-10-14(19)6-7-18(16)22-12)21-11-13-4-3-5-15(9-13)20-2/h3-7,9-10,12,16-18H,8,11H2,1-2H3/t12-,16+,17+,18-/m0/s1. The molecule has 22 heavy (non-hydrogen) atoms. The Labute approximate surface area is 141 Å². The number of hydrogen-bond acceptors (Lipinski definition) is 3. The van der Waals surface area contributed by atoms with E-state index in [-0.39, 0.29) is 6.10 Å². The van der Waals surface area contributed by atoms with E-state index in [1.807, 2.05) is 36.0 Å². The van der Waals surface area contributed by atoms with Crippen molar-refractivity contribution in [1.82, 2.24) is 0 Å². The number of halogens is 1. The number of ether oxygens (including phenoxy) is 2. The third-order valence-electron chi connectivity index (χ3n) is 4.16. The van der Waals surface area contributed by atoms with E-state index in [0.29, 0.717) is 23.0 Å². The molecular formula is C18H21ClO2S. The lowest BCUT2D eigenvalue weighted by Gasteiger charge is -2.39. The topological polar surface area (TPSA) is 18.5 Å². The molecule has 1 aromatic carbocycles. The molecule has 0 saturated carbocycles. The van der Waals surface area contributed by atoms with Gasteiger partial charge in [-0.25, -0.2) is 0 Å². The van der Waals surface area contributed by atoms with Gasteiger partial charge in [-0.05, 0) is 30.2 Å². The highest BCUT2D eigenvalue weighted by molar-refractivity contribution is 8.00. The molecule has 2 nitrogen and oxygen atoms in total. The van der Waals surface area contributed by atoms with Crippen LogP contribution in [0.15, 0.2) is 47.5 Å². The summed E-state index contributed by atoms with van der Waals surface area (Å²) in [5.74, 6) is 1.24. The molecule has 1 fully saturated rings. The molecule has 1 aliphatic carbocycles. The summed E-state index contributed by atoms with van der Waals surface area (Å²) in [6.07, 6.45) is 7.65. The van der Waals surface area contributed by atoms with E-state index in [9.17, 15) is 0 Å². The average molecular weight is 337 g/mol. The van der Waals surface area contributed by atoms with E-state index in [1.165, 1.54) is 0 Å². The van der Waals surface area contributed by atoms with Gasteiger partial charge in [0.1, 0.15) is 5.75 Å². The fraction of sp³-hybridized carbons (Fsp3) is 0.444. The second-order valence-corrected chi connectivity index (χ2v) is 7.89. The maximum absolute atomic E-state index is 6.25. The molecule has 1 saturated heterocycles. The fourth-order valence-electron chi connectivity index (χ4n) is 3.06. The molecule has 0 aromatic heterocycles. The van der Waals surface area contributed by atoms with Gasteiger partial charge in [0.15, 0.2) is 0 Å². The molecule has 2 aliphatic rings. The summed E-state index contributed by atoms with van der Waals surface area (Å²) in [5.41, 5.74) is 1.14. The normalized spacial score (nSPS) is 30.6. The molecule has 1 aliphatic heterocycles. The van der Waals surface area contributed by atoms with E-state index in [4.69, 9.17) is 21.1 Å². The summed E-state index contributed by atoms with van der Waals surface area (Å²) < 4.78 is 11.5. The van der Waals surface area contributed by atoms with Gasteiger partial charge in [0.2, 0.25) is 0 Å². The Morgan fingerprint density at radius 2 is 2.23 bits per heavy atom. The van der Waals surface area contributed by atoms with Gasteiger partial charge in [0.05, 0.1) is 19.8 Å². The molecule has 0 spiro atoms. The number of allylic oxidation sites excluding steroid dienone is 2. The van der Waals surface area contributed by atoms with Crippen molar-refractivity contribution in [2.75, 3.05) is 7.11 Å². The molecule has 4 atom stereocenters. The zero-order valence-electron chi connectivity index (χ0n) is 12.9. The van der Waals surface area contributed by atoms with Crippen LogP contribution in [-0.4, -0.2) is 23.7 Å². The molecule has 0 N–H and O–H groups in total. The van der Waals surface area contributed by atoms with Gasteiger partial charge in [-0.1, -0.05) is 42.8 Å². The average Bonchev–Trinajstić information content (AvgIpc) is 2.53. The van der Waals surface area contributed by atoms with Gasteiger partial charge in [0, 0.05) is 21.5 Å². The maximum Gasteiger partial charge on any atom is 0.119 e. The summed E-state index contributed by atoms with van der Waals surface area (Å²) in [7, 11) is 1.69. The maximum atomic E-state index is 6.25. The van der Waals surface area contributed by atoms with Crippen molar-refractivity contribution in [2.45, 2.75) is 36.6 Å². The summed E-state index contributed by atoms with van der Waals surface area (Å²) in [6.45, 7) is 2.88. The van der Waals surface area contributed by atoms with Crippen LogP contribution >= 0.6 is 23.4 Å². The van der Waals surface area contributed by atoms with Gasteiger partial charge >= 0.3 is 0 Å². The summed E-state index contributed by atoms with van der Waals surface area (Å²) in [6, 6.07) is 8.06. The number of benzene rings is 1. The van der Waals surface area contributed by atoms with Crippen molar-refractivity contribution in [2.24, 2.45) is 5.92 Å². The molecule has 0 radical (unpaired) electrons. The van der Waals surface area contributed by atoms with E-state index in [0.717, 1.165) is 22.8 Å². The minimum atomic E-state index is 0.214. The van der Waals surface area contributed by atoms with Crippen LogP contribution in [0, 0.1) is 5.92 Å². The summed E-state index contributed by atoms with van der Waals surface area (Å²) in [5, 5.41) is 1.90. The van der Waals surface area contributed by atoms with Crippen LogP contribution in [0.1, 0.15) is 18.9 Å². The third kappa shape index (κ3) is 3.70.